The first kappa shape index (κ1) is 17.0. The smallest absolute Gasteiger partial charge is 0.270 e. The van der Waals surface area contributed by atoms with Crippen molar-refractivity contribution in [1.29, 1.82) is 0 Å². The zero-order valence-electron chi connectivity index (χ0n) is 13.8. The van der Waals surface area contributed by atoms with Gasteiger partial charge in [0.2, 0.25) is 10.0 Å². The number of hydrogen-bond acceptors (Lipinski definition) is 4. The second-order valence-corrected chi connectivity index (χ2v) is 7.52. The minimum absolute atomic E-state index is 0.257. The normalized spacial score (nSPS) is 12.7. The molecule has 0 aliphatic rings. The van der Waals surface area contributed by atoms with Gasteiger partial charge < -0.3 is 5.32 Å². The summed E-state index contributed by atoms with van der Waals surface area (Å²) in [6.07, 6.45) is 4.40. The van der Waals surface area contributed by atoms with Gasteiger partial charge >= 0.3 is 0 Å². The van der Waals surface area contributed by atoms with Crippen LogP contribution >= 0.6 is 0 Å². The van der Waals surface area contributed by atoms with Crippen molar-refractivity contribution in [3.8, 4) is 0 Å². The molecule has 25 heavy (non-hydrogen) atoms. The second-order valence-electron chi connectivity index (χ2n) is 5.77. The van der Waals surface area contributed by atoms with Crippen LogP contribution < -0.4 is 10.0 Å². The molecule has 0 aliphatic carbocycles. The molecule has 0 aliphatic heterocycles. The fourth-order valence-corrected chi connectivity index (χ4v) is 3.10. The molecule has 0 bridgehead atoms. The molecule has 2 aromatic heterocycles. The van der Waals surface area contributed by atoms with E-state index in [0.717, 1.165) is 11.8 Å². The number of nitrogens with zero attached hydrogens (tertiary/aromatic N) is 2. The van der Waals surface area contributed by atoms with Crippen molar-refractivity contribution < 1.29 is 13.2 Å². The highest BCUT2D eigenvalue weighted by Crippen LogP contribution is 2.19. The van der Waals surface area contributed by atoms with E-state index in [1.54, 1.807) is 28.8 Å². The second kappa shape index (κ2) is 6.56. The van der Waals surface area contributed by atoms with E-state index in [2.05, 4.69) is 15.0 Å². The Kier molecular flexibility index (Phi) is 4.45. The molecule has 1 aromatic carbocycles. The third-order valence-electron chi connectivity index (χ3n) is 3.69. The molecule has 1 amide bonds. The zero-order valence-corrected chi connectivity index (χ0v) is 14.6. The van der Waals surface area contributed by atoms with Crippen molar-refractivity contribution in [2.24, 2.45) is 0 Å². The van der Waals surface area contributed by atoms with Gasteiger partial charge in [-0.15, -0.1) is 0 Å². The summed E-state index contributed by atoms with van der Waals surface area (Å²) in [4.78, 5) is 16.7. The van der Waals surface area contributed by atoms with Gasteiger partial charge in [0.05, 0.1) is 18.5 Å². The number of nitrogens with one attached hydrogen (secondary N) is 2. The van der Waals surface area contributed by atoms with Crippen LogP contribution in [0.3, 0.4) is 0 Å². The highest BCUT2D eigenvalue weighted by Gasteiger charge is 2.15. The number of pyridine rings is 1. The number of carbonyl (C=O) groups excluding carboxylic acids is 1. The summed E-state index contributed by atoms with van der Waals surface area (Å²) in [5.41, 5.74) is 2.37. The molecule has 0 unspecified atom stereocenters. The number of anilines is 1. The highest BCUT2D eigenvalue weighted by atomic mass is 32.2. The Morgan fingerprint density at radius 3 is 2.76 bits per heavy atom. The minimum atomic E-state index is -3.35. The SMILES string of the molecule is C[C@@H](NC(=O)c1cnc2ccccn12)c1cccc(NS(C)(=O)=O)c1. The molecule has 2 N–H and O–H groups in total. The Hall–Kier alpha value is -2.87. The molecule has 130 valence electrons. The van der Waals surface area contributed by atoms with Crippen LogP contribution in [-0.2, 0) is 10.0 Å². The van der Waals surface area contributed by atoms with Crippen LogP contribution in [0, 0.1) is 0 Å². The van der Waals surface area contributed by atoms with Gasteiger partial charge in [0.25, 0.3) is 5.91 Å². The Morgan fingerprint density at radius 1 is 1.20 bits per heavy atom. The van der Waals surface area contributed by atoms with Gasteiger partial charge in [0.1, 0.15) is 11.3 Å². The van der Waals surface area contributed by atoms with Gasteiger partial charge in [-0.1, -0.05) is 18.2 Å². The lowest BCUT2D eigenvalue weighted by Crippen LogP contribution is -2.27. The molecule has 0 spiro atoms. The maximum Gasteiger partial charge on any atom is 0.270 e. The number of fused-ring (bicyclic) bond motifs is 1. The van der Waals surface area contributed by atoms with Crippen LogP contribution in [0.25, 0.3) is 5.65 Å². The molecule has 2 heterocycles. The molecule has 8 heteroatoms. The standard InChI is InChI=1S/C17H18N4O3S/c1-12(13-6-5-7-14(10-13)20-25(2,23)24)19-17(22)15-11-18-16-8-3-4-9-21(15)16/h3-12,20H,1-2H3,(H,19,22)/t12-/m1/s1. The Morgan fingerprint density at radius 2 is 2.00 bits per heavy atom. The number of imidazole rings is 1. The quantitative estimate of drug-likeness (QED) is 0.731. The summed E-state index contributed by atoms with van der Waals surface area (Å²) in [6, 6.07) is 12.1. The van der Waals surface area contributed by atoms with Gasteiger partial charge in [0, 0.05) is 11.9 Å². The monoisotopic (exact) mass is 358 g/mol. The zero-order chi connectivity index (χ0) is 18.0. The molecular formula is C17H18N4O3S. The van der Waals surface area contributed by atoms with Gasteiger partial charge in [-0.05, 0) is 36.8 Å². The topological polar surface area (TPSA) is 92.6 Å². The van der Waals surface area contributed by atoms with E-state index in [1.165, 1.54) is 6.20 Å². The van der Waals surface area contributed by atoms with E-state index in [0.29, 0.717) is 17.0 Å². The molecule has 0 radical (unpaired) electrons. The van der Waals surface area contributed by atoms with E-state index in [9.17, 15) is 13.2 Å². The molecular weight excluding hydrogens is 340 g/mol. The van der Waals surface area contributed by atoms with Gasteiger partial charge in [-0.2, -0.15) is 0 Å². The van der Waals surface area contributed by atoms with Crippen LogP contribution in [-0.4, -0.2) is 30.0 Å². The lowest BCUT2D eigenvalue weighted by molar-refractivity contribution is 0.0934. The van der Waals surface area contributed by atoms with E-state index in [1.807, 2.05) is 31.2 Å². The van der Waals surface area contributed by atoms with Gasteiger partial charge in [0.15, 0.2) is 0 Å². The first-order valence-electron chi connectivity index (χ1n) is 7.64. The summed E-state index contributed by atoms with van der Waals surface area (Å²) in [5, 5.41) is 2.90. The molecule has 0 saturated carbocycles. The summed E-state index contributed by atoms with van der Waals surface area (Å²) >= 11 is 0. The Bertz CT molecular complexity index is 1030. The highest BCUT2D eigenvalue weighted by molar-refractivity contribution is 7.92. The third kappa shape index (κ3) is 3.97. The molecule has 1 atom stereocenters. The van der Waals surface area contributed by atoms with E-state index in [-0.39, 0.29) is 11.9 Å². The summed E-state index contributed by atoms with van der Waals surface area (Å²) in [5.74, 6) is -0.257. The molecule has 0 saturated heterocycles. The molecule has 7 nitrogen and oxygen atoms in total. The van der Waals surface area contributed by atoms with Crippen molar-refractivity contribution in [3.05, 3.63) is 66.1 Å². The number of amides is 1. The lowest BCUT2D eigenvalue weighted by Gasteiger charge is -2.15. The number of hydrogen-bond donors (Lipinski definition) is 2. The largest absolute Gasteiger partial charge is 0.344 e. The number of aromatic nitrogens is 2. The predicted octanol–water partition coefficient (Wildman–Crippen LogP) is 2.20. The van der Waals surface area contributed by atoms with Crippen LogP contribution in [0.5, 0.6) is 0 Å². The number of sulfonamides is 1. The van der Waals surface area contributed by atoms with Crippen molar-refractivity contribution in [1.82, 2.24) is 14.7 Å². The van der Waals surface area contributed by atoms with Crippen molar-refractivity contribution in [2.45, 2.75) is 13.0 Å². The number of rotatable bonds is 5. The van der Waals surface area contributed by atoms with Crippen molar-refractivity contribution >= 4 is 27.3 Å². The average molecular weight is 358 g/mol. The predicted molar refractivity (Wildman–Crippen MR) is 96.0 cm³/mol. The first-order valence-corrected chi connectivity index (χ1v) is 9.53. The maximum absolute atomic E-state index is 12.5. The minimum Gasteiger partial charge on any atom is -0.344 e. The summed E-state index contributed by atoms with van der Waals surface area (Å²) in [7, 11) is -3.35. The average Bonchev–Trinajstić information content (AvgIpc) is 2.97. The van der Waals surface area contributed by atoms with Crippen LogP contribution in [0.15, 0.2) is 54.9 Å². The first-order chi connectivity index (χ1) is 11.8. The van der Waals surface area contributed by atoms with Crippen molar-refractivity contribution in [2.75, 3.05) is 11.0 Å². The third-order valence-corrected chi connectivity index (χ3v) is 4.29. The number of carbonyl (C=O) groups is 1. The van der Waals surface area contributed by atoms with Crippen LogP contribution in [0.1, 0.15) is 29.0 Å². The molecule has 3 rings (SSSR count). The summed E-state index contributed by atoms with van der Waals surface area (Å²) in [6.45, 7) is 1.83. The van der Waals surface area contributed by atoms with Crippen LogP contribution in [0.4, 0.5) is 5.69 Å². The number of benzene rings is 1. The van der Waals surface area contributed by atoms with E-state index >= 15 is 0 Å². The van der Waals surface area contributed by atoms with Crippen LogP contribution in [0.2, 0.25) is 0 Å². The van der Waals surface area contributed by atoms with Gasteiger partial charge in [-0.3, -0.25) is 13.9 Å². The van der Waals surface area contributed by atoms with E-state index < -0.39 is 10.0 Å². The fourth-order valence-electron chi connectivity index (χ4n) is 2.54. The fraction of sp³-hybridized carbons (Fsp3) is 0.176. The Labute approximate surface area is 145 Å². The lowest BCUT2D eigenvalue weighted by atomic mass is 10.1. The van der Waals surface area contributed by atoms with Gasteiger partial charge in [-0.25, -0.2) is 13.4 Å². The maximum atomic E-state index is 12.5. The van der Waals surface area contributed by atoms with E-state index in [4.69, 9.17) is 0 Å². The summed E-state index contributed by atoms with van der Waals surface area (Å²) < 4.78 is 26.8. The Balaban J connectivity index is 1.79. The van der Waals surface area contributed by atoms with Crippen molar-refractivity contribution in [3.63, 3.8) is 0 Å². The molecule has 3 aromatic rings. The molecule has 0 fully saturated rings.